The van der Waals surface area contributed by atoms with Crippen molar-refractivity contribution in [1.82, 2.24) is 4.98 Å². The SMILES string of the molecule is CCOc1cncc(C(O)c2ccc(CC)o2)c1. The average molecular weight is 247 g/mol. The van der Waals surface area contributed by atoms with Gasteiger partial charge in [0.05, 0.1) is 12.8 Å². The summed E-state index contributed by atoms with van der Waals surface area (Å²) in [5.41, 5.74) is 0.665. The number of furan rings is 1. The molecule has 0 bridgehead atoms. The van der Waals surface area contributed by atoms with E-state index in [-0.39, 0.29) is 0 Å². The van der Waals surface area contributed by atoms with Gasteiger partial charge in [-0.05, 0) is 25.1 Å². The fourth-order valence-electron chi connectivity index (χ4n) is 1.73. The summed E-state index contributed by atoms with van der Waals surface area (Å²) in [7, 11) is 0. The molecule has 4 heteroatoms. The standard InChI is InChI=1S/C14H17NO3/c1-3-11-5-6-13(18-11)14(16)10-7-12(17-4-2)9-15-8-10/h5-9,14,16H,3-4H2,1-2H3. The Bertz CT molecular complexity index is 507. The van der Waals surface area contributed by atoms with Crippen molar-refractivity contribution in [2.24, 2.45) is 0 Å². The van der Waals surface area contributed by atoms with Crippen LogP contribution in [0.5, 0.6) is 5.75 Å². The van der Waals surface area contributed by atoms with Crippen molar-refractivity contribution < 1.29 is 14.3 Å². The van der Waals surface area contributed by atoms with Gasteiger partial charge in [-0.2, -0.15) is 0 Å². The molecule has 2 rings (SSSR count). The highest BCUT2D eigenvalue weighted by Gasteiger charge is 2.15. The Morgan fingerprint density at radius 2 is 2.17 bits per heavy atom. The Labute approximate surface area is 106 Å². The summed E-state index contributed by atoms with van der Waals surface area (Å²) in [4.78, 5) is 4.05. The molecular weight excluding hydrogens is 230 g/mol. The lowest BCUT2D eigenvalue weighted by atomic mass is 10.1. The van der Waals surface area contributed by atoms with E-state index >= 15 is 0 Å². The lowest BCUT2D eigenvalue weighted by Crippen LogP contribution is -2.00. The normalized spacial score (nSPS) is 12.4. The quantitative estimate of drug-likeness (QED) is 0.882. The summed E-state index contributed by atoms with van der Waals surface area (Å²) in [6.07, 6.45) is 3.24. The molecule has 0 radical (unpaired) electrons. The Morgan fingerprint density at radius 1 is 1.33 bits per heavy atom. The molecular formula is C14H17NO3. The van der Waals surface area contributed by atoms with Gasteiger partial charge in [-0.15, -0.1) is 0 Å². The van der Waals surface area contributed by atoms with E-state index < -0.39 is 6.10 Å². The molecule has 2 heterocycles. The predicted molar refractivity (Wildman–Crippen MR) is 67.6 cm³/mol. The second kappa shape index (κ2) is 5.69. The number of nitrogens with zero attached hydrogens (tertiary/aromatic N) is 1. The van der Waals surface area contributed by atoms with Crippen LogP contribution in [0.25, 0.3) is 0 Å². The number of hydrogen-bond donors (Lipinski definition) is 1. The zero-order valence-electron chi connectivity index (χ0n) is 10.6. The number of pyridine rings is 1. The van der Waals surface area contributed by atoms with Gasteiger partial charge >= 0.3 is 0 Å². The van der Waals surface area contributed by atoms with Crippen LogP contribution >= 0.6 is 0 Å². The van der Waals surface area contributed by atoms with Gasteiger partial charge in [0.15, 0.2) is 0 Å². The Balaban J connectivity index is 2.21. The number of aliphatic hydroxyl groups excluding tert-OH is 1. The maximum Gasteiger partial charge on any atom is 0.138 e. The van der Waals surface area contributed by atoms with Crippen molar-refractivity contribution in [2.75, 3.05) is 6.61 Å². The number of hydrogen-bond acceptors (Lipinski definition) is 4. The van der Waals surface area contributed by atoms with E-state index in [0.717, 1.165) is 12.2 Å². The number of aryl methyl sites for hydroxylation is 1. The van der Waals surface area contributed by atoms with Crippen molar-refractivity contribution in [2.45, 2.75) is 26.4 Å². The molecule has 96 valence electrons. The molecule has 0 fully saturated rings. The summed E-state index contributed by atoms with van der Waals surface area (Å²) in [6, 6.07) is 5.44. The topological polar surface area (TPSA) is 55.5 Å². The fraction of sp³-hybridized carbons (Fsp3) is 0.357. The van der Waals surface area contributed by atoms with Crippen molar-refractivity contribution in [3.05, 3.63) is 47.7 Å². The van der Waals surface area contributed by atoms with Crippen LogP contribution in [0.3, 0.4) is 0 Å². The number of ether oxygens (including phenoxy) is 1. The van der Waals surface area contributed by atoms with Crippen LogP contribution in [-0.4, -0.2) is 16.7 Å². The van der Waals surface area contributed by atoms with Crippen molar-refractivity contribution in [3.8, 4) is 5.75 Å². The van der Waals surface area contributed by atoms with E-state index in [4.69, 9.17) is 9.15 Å². The van der Waals surface area contributed by atoms with Crippen molar-refractivity contribution in [1.29, 1.82) is 0 Å². The zero-order chi connectivity index (χ0) is 13.0. The highest BCUT2D eigenvalue weighted by Crippen LogP contribution is 2.25. The molecule has 2 aromatic heterocycles. The molecule has 1 N–H and O–H groups in total. The van der Waals surface area contributed by atoms with Gasteiger partial charge in [0.2, 0.25) is 0 Å². The lowest BCUT2D eigenvalue weighted by Gasteiger charge is -2.09. The molecule has 0 aromatic carbocycles. The van der Waals surface area contributed by atoms with E-state index in [1.54, 1.807) is 24.5 Å². The third kappa shape index (κ3) is 2.71. The first-order valence-electron chi connectivity index (χ1n) is 6.09. The minimum atomic E-state index is -0.807. The Hall–Kier alpha value is -1.81. The summed E-state index contributed by atoms with van der Waals surface area (Å²) in [5, 5.41) is 10.2. The Morgan fingerprint density at radius 3 is 2.83 bits per heavy atom. The van der Waals surface area contributed by atoms with Crippen LogP contribution in [0.4, 0.5) is 0 Å². The molecule has 0 saturated heterocycles. The van der Waals surface area contributed by atoms with E-state index in [1.807, 2.05) is 19.9 Å². The molecule has 4 nitrogen and oxygen atoms in total. The van der Waals surface area contributed by atoms with Crippen molar-refractivity contribution in [3.63, 3.8) is 0 Å². The van der Waals surface area contributed by atoms with Crippen LogP contribution in [0.1, 0.15) is 37.0 Å². The Kier molecular flexibility index (Phi) is 3.99. The first-order chi connectivity index (χ1) is 8.74. The van der Waals surface area contributed by atoms with Gasteiger partial charge in [-0.1, -0.05) is 6.92 Å². The molecule has 0 saturated carbocycles. The summed E-state index contributed by atoms with van der Waals surface area (Å²) in [5.74, 6) is 2.04. The van der Waals surface area contributed by atoms with Crippen LogP contribution in [0, 0.1) is 0 Å². The first-order valence-corrected chi connectivity index (χ1v) is 6.09. The highest BCUT2D eigenvalue weighted by molar-refractivity contribution is 5.29. The molecule has 18 heavy (non-hydrogen) atoms. The van der Waals surface area contributed by atoms with Crippen LogP contribution < -0.4 is 4.74 Å². The van der Waals surface area contributed by atoms with Crippen LogP contribution in [0.15, 0.2) is 35.0 Å². The minimum Gasteiger partial charge on any atom is -0.492 e. The van der Waals surface area contributed by atoms with Gasteiger partial charge in [0.1, 0.15) is 23.4 Å². The molecule has 0 amide bonds. The lowest BCUT2D eigenvalue weighted by molar-refractivity contribution is 0.186. The third-order valence-corrected chi connectivity index (χ3v) is 2.66. The largest absolute Gasteiger partial charge is 0.492 e. The average Bonchev–Trinajstić information content (AvgIpc) is 2.87. The smallest absolute Gasteiger partial charge is 0.138 e. The number of aromatic nitrogens is 1. The van der Waals surface area contributed by atoms with E-state index in [1.165, 1.54) is 0 Å². The second-order valence-corrected chi connectivity index (χ2v) is 3.95. The fourth-order valence-corrected chi connectivity index (χ4v) is 1.73. The molecule has 1 atom stereocenters. The molecule has 1 unspecified atom stereocenters. The van der Waals surface area contributed by atoms with Crippen LogP contribution in [0.2, 0.25) is 0 Å². The van der Waals surface area contributed by atoms with Gasteiger partial charge in [-0.3, -0.25) is 4.98 Å². The first kappa shape index (κ1) is 12.6. The highest BCUT2D eigenvalue weighted by atomic mass is 16.5. The molecule has 0 aliphatic carbocycles. The summed E-state index contributed by atoms with van der Waals surface area (Å²) in [6.45, 7) is 4.48. The van der Waals surface area contributed by atoms with E-state index in [9.17, 15) is 5.11 Å². The second-order valence-electron chi connectivity index (χ2n) is 3.95. The van der Waals surface area contributed by atoms with Crippen LogP contribution in [-0.2, 0) is 6.42 Å². The third-order valence-electron chi connectivity index (χ3n) is 2.66. The van der Waals surface area contributed by atoms with Gasteiger partial charge in [0, 0.05) is 18.2 Å². The van der Waals surface area contributed by atoms with E-state index in [0.29, 0.717) is 23.7 Å². The zero-order valence-corrected chi connectivity index (χ0v) is 10.6. The van der Waals surface area contributed by atoms with Gasteiger partial charge in [-0.25, -0.2) is 0 Å². The maximum atomic E-state index is 10.2. The summed E-state index contributed by atoms with van der Waals surface area (Å²) >= 11 is 0. The van der Waals surface area contributed by atoms with Gasteiger partial charge in [0.25, 0.3) is 0 Å². The summed E-state index contributed by atoms with van der Waals surface area (Å²) < 4.78 is 10.9. The molecule has 0 spiro atoms. The minimum absolute atomic E-state index is 0.530. The van der Waals surface area contributed by atoms with E-state index in [2.05, 4.69) is 4.98 Å². The van der Waals surface area contributed by atoms with Gasteiger partial charge < -0.3 is 14.3 Å². The number of aliphatic hydroxyl groups is 1. The van der Waals surface area contributed by atoms with Crippen molar-refractivity contribution >= 4 is 0 Å². The molecule has 0 aliphatic heterocycles. The monoisotopic (exact) mass is 247 g/mol. The number of rotatable bonds is 5. The molecule has 0 aliphatic rings. The molecule has 2 aromatic rings. The predicted octanol–water partition coefficient (Wildman–Crippen LogP) is 2.72. The maximum absolute atomic E-state index is 10.2.